The highest BCUT2D eigenvalue weighted by molar-refractivity contribution is 5.18. The van der Waals surface area contributed by atoms with Gasteiger partial charge in [0.25, 0.3) is 0 Å². The zero-order valence-electron chi connectivity index (χ0n) is 11.7. The average Bonchev–Trinajstić information content (AvgIpc) is 2.88. The highest BCUT2D eigenvalue weighted by Crippen LogP contribution is 2.06. The van der Waals surface area contributed by atoms with Gasteiger partial charge in [-0.05, 0) is 24.4 Å². The zero-order chi connectivity index (χ0) is 14.2. The maximum atomic E-state index is 8.83. The van der Waals surface area contributed by atoms with Crippen LogP contribution in [0, 0.1) is 5.92 Å². The Balaban J connectivity index is 1.78. The highest BCUT2D eigenvalue weighted by atomic mass is 16.5. The van der Waals surface area contributed by atoms with Crippen molar-refractivity contribution >= 4 is 0 Å². The van der Waals surface area contributed by atoms with E-state index in [1.54, 1.807) is 0 Å². The van der Waals surface area contributed by atoms with Gasteiger partial charge in [-0.1, -0.05) is 42.4 Å². The van der Waals surface area contributed by atoms with E-state index in [1.165, 1.54) is 5.56 Å². The smallest absolute Gasteiger partial charge is 0.240 e. The van der Waals surface area contributed by atoms with Crippen molar-refractivity contribution in [1.82, 2.24) is 15.5 Å². The molecule has 5 heteroatoms. The summed E-state index contributed by atoms with van der Waals surface area (Å²) in [6, 6.07) is 10.1. The third-order valence-corrected chi connectivity index (χ3v) is 3.11. The van der Waals surface area contributed by atoms with E-state index in [0.29, 0.717) is 30.6 Å². The fourth-order valence-corrected chi connectivity index (χ4v) is 1.96. The Morgan fingerprint density at radius 3 is 2.85 bits per heavy atom. The molecule has 2 rings (SSSR count). The van der Waals surface area contributed by atoms with Gasteiger partial charge in [-0.3, -0.25) is 0 Å². The molecule has 1 unspecified atom stereocenters. The number of hydrogen-bond acceptors (Lipinski definition) is 5. The van der Waals surface area contributed by atoms with Gasteiger partial charge in [0.1, 0.15) is 0 Å². The van der Waals surface area contributed by atoms with Crippen molar-refractivity contribution in [2.75, 3.05) is 13.2 Å². The quantitative estimate of drug-likeness (QED) is 0.768. The third kappa shape index (κ3) is 4.75. The van der Waals surface area contributed by atoms with E-state index >= 15 is 0 Å². The molecular weight excluding hydrogens is 254 g/mol. The average molecular weight is 275 g/mol. The zero-order valence-corrected chi connectivity index (χ0v) is 11.7. The van der Waals surface area contributed by atoms with E-state index in [2.05, 4.69) is 22.4 Å². The first-order valence-corrected chi connectivity index (χ1v) is 6.95. The molecule has 1 aromatic carbocycles. The topological polar surface area (TPSA) is 71.2 Å². The van der Waals surface area contributed by atoms with E-state index in [0.717, 1.165) is 13.0 Å². The number of aliphatic hydroxyl groups is 1. The predicted molar refractivity (Wildman–Crippen MR) is 76.1 cm³/mol. The molecule has 0 bridgehead atoms. The van der Waals surface area contributed by atoms with Crippen LogP contribution in [0.4, 0.5) is 0 Å². The molecule has 0 amide bonds. The summed E-state index contributed by atoms with van der Waals surface area (Å²) in [7, 11) is 0. The van der Waals surface area contributed by atoms with E-state index in [9.17, 15) is 0 Å². The van der Waals surface area contributed by atoms with Gasteiger partial charge in [0.15, 0.2) is 5.82 Å². The first kappa shape index (κ1) is 14.7. The minimum Gasteiger partial charge on any atom is -0.396 e. The SMILES string of the molecule is CC(CCO)CNCc1nc(Cc2ccccc2)no1. The Hall–Kier alpha value is -1.72. The van der Waals surface area contributed by atoms with Crippen LogP contribution in [-0.4, -0.2) is 28.4 Å². The predicted octanol–water partition coefficient (Wildman–Crippen LogP) is 1.77. The minimum atomic E-state index is 0.227. The number of rotatable bonds is 8. The molecule has 20 heavy (non-hydrogen) atoms. The maximum Gasteiger partial charge on any atom is 0.240 e. The number of aliphatic hydroxyl groups excluding tert-OH is 1. The van der Waals surface area contributed by atoms with Gasteiger partial charge in [0.05, 0.1) is 6.54 Å². The molecule has 0 aliphatic rings. The number of aromatic nitrogens is 2. The van der Waals surface area contributed by atoms with Crippen LogP contribution in [-0.2, 0) is 13.0 Å². The third-order valence-electron chi connectivity index (χ3n) is 3.11. The van der Waals surface area contributed by atoms with Crippen LogP contribution < -0.4 is 5.32 Å². The minimum absolute atomic E-state index is 0.227. The molecule has 0 saturated heterocycles. The summed E-state index contributed by atoms with van der Waals surface area (Å²) in [6.07, 6.45) is 1.49. The fourth-order valence-electron chi connectivity index (χ4n) is 1.96. The van der Waals surface area contributed by atoms with Crippen LogP contribution in [0.25, 0.3) is 0 Å². The molecule has 0 aliphatic heterocycles. The van der Waals surface area contributed by atoms with Gasteiger partial charge >= 0.3 is 0 Å². The van der Waals surface area contributed by atoms with Gasteiger partial charge in [-0.2, -0.15) is 4.98 Å². The van der Waals surface area contributed by atoms with Crippen molar-refractivity contribution in [3.05, 3.63) is 47.6 Å². The molecule has 1 aromatic heterocycles. The van der Waals surface area contributed by atoms with Crippen molar-refractivity contribution in [1.29, 1.82) is 0 Å². The second-order valence-electron chi connectivity index (χ2n) is 5.02. The summed E-state index contributed by atoms with van der Waals surface area (Å²) < 4.78 is 5.21. The number of nitrogens with one attached hydrogen (secondary N) is 1. The van der Waals surface area contributed by atoms with E-state index in [-0.39, 0.29) is 6.61 Å². The lowest BCUT2D eigenvalue weighted by Crippen LogP contribution is -2.21. The maximum absolute atomic E-state index is 8.83. The molecule has 0 radical (unpaired) electrons. The molecule has 5 nitrogen and oxygen atoms in total. The van der Waals surface area contributed by atoms with Crippen LogP contribution in [0.1, 0.15) is 30.6 Å². The van der Waals surface area contributed by atoms with Crippen molar-refractivity contribution in [3.63, 3.8) is 0 Å². The van der Waals surface area contributed by atoms with Crippen molar-refractivity contribution in [3.8, 4) is 0 Å². The second-order valence-corrected chi connectivity index (χ2v) is 5.02. The molecular formula is C15H21N3O2. The summed E-state index contributed by atoms with van der Waals surface area (Å²) in [5, 5.41) is 16.1. The Morgan fingerprint density at radius 1 is 1.30 bits per heavy atom. The molecule has 0 aliphatic carbocycles. The molecule has 0 spiro atoms. The van der Waals surface area contributed by atoms with Gasteiger partial charge in [-0.15, -0.1) is 0 Å². The van der Waals surface area contributed by atoms with Gasteiger partial charge in [0, 0.05) is 13.0 Å². The first-order valence-electron chi connectivity index (χ1n) is 6.95. The lowest BCUT2D eigenvalue weighted by molar-refractivity contribution is 0.258. The first-order chi connectivity index (χ1) is 9.78. The lowest BCUT2D eigenvalue weighted by atomic mass is 10.1. The van der Waals surface area contributed by atoms with Crippen LogP contribution in [0.2, 0.25) is 0 Å². The summed E-state index contributed by atoms with van der Waals surface area (Å²) in [5.74, 6) is 1.75. The molecule has 0 fully saturated rings. The summed E-state index contributed by atoms with van der Waals surface area (Å²) in [4.78, 5) is 4.36. The molecule has 108 valence electrons. The van der Waals surface area contributed by atoms with E-state index in [4.69, 9.17) is 9.63 Å². The van der Waals surface area contributed by atoms with Crippen molar-refractivity contribution in [2.24, 2.45) is 5.92 Å². The molecule has 2 aromatic rings. The van der Waals surface area contributed by atoms with Crippen LogP contribution in [0.5, 0.6) is 0 Å². The van der Waals surface area contributed by atoms with Gasteiger partial charge < -0.3 is 14.9 Å². The van der Waals surface area contributed by atoms with E-state index in [1.807, 2.05) is 30.3 Å². The Bertz CT molecular complexity index is 499. The summed E-state index contributed by atoms with van der Waals surface area (Å²) in [6.45, 7) is 3.72. The molecule has 0 saturated carbocycles. The summed E-state index contributed by atoms with van der Waals surface area (Å²) in [5.41, 5.74) is 1.17. The van der Waals surface area contributed by atoms with Gasteiger partial charge in [0.2, 0.25) is 5.89 Å². The van der Waals surface area contributed by atoms with Gasteiger partial charge in [-0.25, -0.2) is 0 Å². The highest BCUT2D eigenvalue weighted by Gasteiger charge is 2.07. The largest absolute Gasteiger partial charge is 0.396 e. The molecule has 1 atom stereocenters. The Morgan fingerprint density at radius 2 is 2.10 bits per heavy atom. The number of hydrogen-bond donors (Lipinski definition) is 2. The normalized spacial score (nSPS) is 12.5. The number of nitrogens with zero attached hydrogens (tertiary/aromatic N) is 2. The van der Waals surface area contributed by atoms with Crippen molar-refractivity contribution in [2.45, 2.75) is 26.3 Å². The van der Waals surface area contributed by atoms with E-state index < -0.39 is 0 Å². The Labute approximate surface area is 119 Å². The lowest BCUT2D eigenvalue weighted by Gasteiger charge is -2.08. The monoisotopic (exact) mass is 275 g/mol. The fraction of sp³-hybridized carbons (Fsp3) is 0.467. The molecule has 1 heterocycles. The summed E-state index contributed by atoms with van der Waals surface area (Å²) >= 11 is 0. The van der Waals surface area contributed by atoms with Crippen LogP contribution in [0.15, 0.2) is 34.9 Å². The van der Waals surface area contributed by atoms with Crippen LogP contribution in [0.3, 0.4) is 0 Å². The second kappa shape index (κ2) is 7.77. The van der Waals surface area contributed by atoms with Crippen molar-refractivity contribution < 1.29 is 9.63 Å². The standard InChI is InChI=1S/C15H21N3O2/c1-12(7-8-19)10-16-11-15-17-14(18-20-15)9-13-5-3-2-4-6-13/h2-6,12,16,19H,7-11H2,1H3. The van der Waals surface area contributed by atoms with Crippen LogP contribution >= 0.6 is 0 Å². The molecule has 2 N–H and O–H groups in total. The Kier molecular flexibility index (Phi) is 5.70. The number of benzene rings is 1.